The molecule has 0 aromatic rings. The average molecular weight is 433 g/mol. The molecule has 0 fully saturated rings. The fraction of sp³-hybridized carbons (Fsp3) is 0.789. The lowest BCUT2D eigenvalue weighted by molar-refractivity contribution is -0.137. The van der Waals surface area contributed by atoms with Gasteiger partial charge in [0.15, 0.2) is 5.78 Å². The van der Waals surface area contributed by atoms with Gasteiger partial charge in [0.05, 0.1) is 12.6 Å². The Hall–Kier alpha value is -1.65. The number of aliphatic carboxylic acids is 1. The Bertz CT molecular complexity index is 533. The van der Waals surface area contributed by atoms with Crippen LogP contribution >= 0.6 is 12.6 Å². The summed E-state index contributed by atoms with van der Waals surface area (Å²) >= 11 is 3.93. The molecule has 2 amide bonds. The first-order valence-corrected chi connectivity index (χ1v) is 10.7. The van der Waals surface area contributed by atoms with E-state index < -0.39 is 23.8 Å². The van der Waals surface area contributed by atoms with Gasteiger partial charge in [-0.2, -0.15) is 12.6 Å². The number of hydrogen-bond donors (Lipinski definition) is 5. The van der Waals surface area contributed by atoms with Crippen molar-refractivity contribution in [2.24, 2.45) is 11.7 Å². The lowest BCUT2D eigenvalue weighted by Crippen LogP contribution is -2.44. The Morgan fingerprint density at radius 3 is 2.34 bits per heavy atom. The number of amides is 2. The SMILES string of the molecule is CCC(CC(=O)CNC(=O)C(N)CS)C(=O)NCCN(C)CCCCCC(=O)O. The predicted octanol–water partition coefficient (Wildman–Crippen LogP) is 0.0381. The molecule has 9 nitrogen and oxygen atoms in total. The van der Waals surface area contributed by atoms with Gasteiger partial charge >= 0.3 is 5.97 Å². The van der Waals surface area contributed by atoms with E-state index in [-0.39, 0.29) is 36.8 Å². The Balaban J connectivity index is 4.05. The number of hydrogen-bond acceptors (Lipinski definition) is 7. The van der Waals surface area contributed by atoms with Crippen LogP contribution in [-0.4, -0.2) is 78.6 Å². The molecule has 5 N–H and O–H groups in total. The van der Waals surface area contributed by atoms with Gasteiger partial charge in [-0.15, -0.1) is 0 Å². The zero-order valence-corrected chi connectivity index (χ0v) is 18.4. The Morgan fingerprint density at radius 2 is 1.76 bits per heavy atom. The van der Waals surface area contributed by atoms with E-state index in [9.17, 15) is 19.2 Å². The van der Waals surface area contributed by atoms with E-state index in [0.717, 1.165) is 19.4 Å². The highest BCUT2D eigenvalue weighted by Gasteiger charge is 2.21. The van der Waals surface area contributed by atoms with Crippen LogP contribution in [0.1, 0.15) is 45.4 Å². The van der Waals surface area contributed by atoms with Gasteiger partial charge in [-0.3, -0.25) is 19.2 Å². The molecule has 0 radical (unpaired) electrons. The third-order valence-electron chi connectivity index (χ3n) is 4.55. The molecule has 0 saturated heterocycles. The van der Waals surface area contributed by atoms with Gasteiger partial charge in [0.1, 0.15) is 0 Å². The number of nitrogens with one attached hydrogen (secondary N) is 2. The average Bonchev–Trinajstić information content (AvgIpc) is 2.68. The van der Waals surface area contributed by atoms with Gasteiger partial charge in [-0.25, -0.2) is 0 Å². The van der Waals surface area contributed by atoms with Crippen LogP contribution in [0.4, 0.5) is 0 Å². The quantitative estimate of drug-likeness (QED) is 0.161. The largest absolute Gasteiger partial charge is 0.481 e. The van der Waals surface area contributed by atoms with Crippen LogP contribution in [0.2, 0.25) is 0 Å². The number of nitrogens with two attached hydrogens (primary N) is 1. The minimum absolute atomic E-state index is 0.0676. The first kappa shape index (κ1) is 27.4. The fourth-order valence-electron chi connectivity index (χ4n) is 2.63. The third kappa shape index (κ3) is 14.0. The number of nitrogens with zero attached hydrogens (tertiary/aromatic N) is 1. The van der Waals surface area contributed by atoms with E-state index in [4.69, 9.17) is 10.8 Å². The summed E-state index contributed by atoms with van der Waals surface area (Å²) < 4.78 is 0. The molecular formula is C19H36N4O5S. The predicted molar refractivity (Wildman–Crippen MR) is 115 cm³/mol. The summed E-state index contributed by atoms with van der Waals surface area (Å²) in [6.45, 7) is 3.68. The normalized spacial score (nSPS) is 13.0. The van der Waals surface area contributed by atoms with Crippen molar-refractivity contribution in [3.05, 3.63) is 0 Å². The second-order valence-corrected chi connectivity index (χ2v) is 7.52. The van der Waals surface area contributed by atoms with Gasteiger partial charge in [-0.05, 0) is 32.9 Å². The number of unbranched alkanes of at least 4 members (excludes halogenated alkanes) is 2. The van der Waals surface area contributed by atoms with Crippen molar-refractivity contribution in [1.29, 1.82) is 0 Å². The van der Waals surface area contributed by atoms with E-state index in [1.165, 1.54) is 0 Å². The summed E-state index contributed by atoms with van der Waals surface area (Å²) in [5, 5.41) is 13.9. The highest BCUT2D eigenvalue weighted by atomic mass is 32.1. The number of carbonyl (C=O) groups is 4. The van der Waals surface area contributed by atoms with Crippen molar-refractivity contribution in [1.82, 2.24) is 15.5 Å². The van der Waals surface area contributed by atoms with Gasteiger partial charge in [-0.1, -0.05) is 13.3 Å². The number of carboxylic acids is 1. The van der Waals surface area contributed by atoms with Crippen molar-refractivity contribution >= 4 is 36.2 Å². The monoisotopic (exact) mass is 432 g/mol. The van der Waals surface area contributed by atoms with E-state index in [1.54, 1.807) is 0 Å². The highest BCUT2D eigenvalue weighted by molar-refractivity contribution is 7.80. The molecule has 2 atom stereocenters. The molecule has 0 aliphatic heterocycles. The van der Waals surface area contributed by atoms with Crippen LogP contribution in [-0.2, 0) is 19.2 Å². The molecule has 2 unspecified atom stereocenters. The summed E-state index contributed by atoms with van der Waals surface area (Å²) in [7, 11) is 1.95. The summed E-state index contributed by atoms with van der Waals surface area (Å²) in [5.41, 5.74) is 5.52. The van der Waals surface area contributed by atoms with Crippen molar-refractivity contribution in [2.45, 2.75) is 51.5 Å². The second-order valence-electron chi connectivity index (χ2n) is 7.15. The molecule has 0 heterocycles. The van der Waals surface area contributed by atoms with Gasteiger partial charge in [0, 0.05) is 37.6 Å². The first-order valence-electron chi connectivity index (χ1n) is 10.0. The van der Waals surface area contributed by atoms with E-state index >= 15 is 0 Å². The Kier molecular flexibility index (Phi) is 15.3. The highest BCUT2D eigenvalue weighted by Crippen LogP contribution is 2.09. The maximum absolute atomic E-state index is 12.3. The van der Waals surface area contributed by atoms with E-state index in [1.807, 2.05) is 14.0 Å². The van der Waals surface area contributed by atoms with Gasteiger partial charge < -0.3 is 26.4 Å². The number of ketones is 1. The fourth-order valence-corrected chi connectivity index (χ4v) is 2.80. The molecule has 0 aliphatic rings. The van der Waals surface area contributed by atoms with Crippen LogP contribution in [0.25, 0.3) is 0 Å². The smallest absolute Gasteiger partial charge is 0.303 e. The maximum Gasteiger partial charge on any atom is 0.303 e. The minimum atomic E-state index is -0.770. The zero-order valence-electron chi connectivity index (χ0n) is 17.5. The zero-order chi connectivity index (χ0) is 22.2. The minimum Gasteiger partial charge on any atom is -0.481 e. The lowest BCUT2D eigenvalue weighted by Gasteiger charge is -2.19. The number of rotatable bonds is 17. The number of likely N-dealkylation sites (N-methyl/N-ethyl adjacent to an activating group) is 1. The summed E-state index contributed by atoms with van der Waals surface area (Å²) in [6.07, 6.45) is 3.24. The summed E-state index contributed by atoms with van der Waals surface area (Å²) in [4.78, 5) is 48.4. The van der Waals surface area contributed by atoms with Gasteiger partial charge in [0.2, 0.25) is 11.8 Å². The van der Waals surface area contributed by atoms with Crippen molar-refractivity contribution in [3.8, 4) is 0 Å². The molecule has 0 aromatic carbocycles. The topological polar surface area (TPSA) is 142 Å². The third-order valence-corrected chi connectivity index (χ3v) is 4.95. The van der Waals surface area contributed by atoms with Crippen molar-refractivity contribution in [2.75, 3.05) is 39.0 Å². The number of carbonyl (C=O) groups excluding carboxylic acids is 3. The molecular weight excluding hydrogens is 396 g/mol. The Labute approximate surface area is 178 Å². The second kappa shape index (κ2) is 16.2. The molecule has 0 aliphatic carbocycles. The van der Waals surface area contributed by atoms with Crippen LogP contribution in [0.3, 0.4) is 0 Å². The number of carboxylic acid groups (broad SMARTS) is 1. The molecule has 0 saturated carbocycles. The standard InChI is InChI=1S/C19H36N4O5S/c1-3-14(11-15(24)12-22-19(28)16(20)13-29)18(27)21-8-10-23(2)9-6-4-5-7-17(25)26/h14,16,29H,3-13,20H2,1-2H3,(H,21,27)(H,22,28)(H,25,26). The molecule has 0 rings (SSSR count). The van der Waals surface area contributed by atoms with Crippen LogP contribution in [0.15, 0.2) is 0 Å². The van der Waals surface area contributed by atoms with Crippen molar-refractivity contribution < 1.29 is 24.3 Å². The molecule has 0 spiro atoms. The number of Topliss-reactive ketones (excluding diaryl/α,β-unsaturated/α-hetero) is 1. The summed E-state index contributed by atoms with van der Waals surface area (Å²) in [6, 6.07) is -0.759. The van der Waals surface area contributed by atoms with E-state index in [2.05, 4.69) is 28.2 Å². The van der Waals surface area contributed by atoms with Crippen LogP contribution < -0.4 is 16.4 Å². The lowest BCUT2D eigenvalue weighted by atomic mass is 9.98. The number of thiol groups is 1. The molecule has 10 heteroatoms. The maximum atomic E-state index is 12.3. The molecule has 0 bridgehead atoms. The Morgan fingerprint density at radius 1 is 1.07 bits per heavy atom. The van der Waals surface area contributed by atoms with Crippen LogP contribution in [0, 0.1) is 5.92 Å². The van der Waals surface area contributed by atoms with Crippen molar-refractivity contribution in [3.63, 3.8) is 0 Å². The molecule has 0 aromatic heterocycles. The molecule has 29 heavy (non-hydrogen) atoms. The summed E-state index contributed by atoms with van der Waals surface area (Å²) in [5.74, 6) is -1.83. The van der Waals surface area contributed by atoms with Gasteiger partial charge in [0.25, 0.3) is 0 Å². The van der Waals surface area contributed by atoms with Crippen LogP contribution in [0.5, 0.6) is 0 Å². The molecule has 168 valence electrons. The van der Waals surface area contributed by atoms with E-state index in [0.29, 0.717) is 25.9 Å². The first-order chi connectivity index (χ1) is 13.7.